The van der Waals surface area contributed by atoms with Crippen molar-refractivity contribution in [1.82, 2.24) is 83.1 Å². The molecule has 6 aromatic heterocycles. The van der Waals surface area contributed by atoms with Gasteiger partial charge in [0.1, 0.15) is 73.5 Å². The van der Waals surface area contributed by atoms with Crippen LogP contribution in [0, 0.1) is 0 Å². The lowest BCUT2D eigenvalue weighted by Gasteiger charge is -2.20. The molecule has 0 saturated carbocycles. The van der Waals surface area contributed by atoms with Crippen LogP contribution < -0.4 is 53.2 Å². The van der Waals surface area contributed by atoms with Crippen molar-refractivity contribution in [2.75, 3.05) is 0 Å². The van der Waals surface area contributed by atoms with Crippen LogP contribution >= 0.6 is 34.0 Å². The highest BCUT2D eigenvalue weighted by atomic mass is 32.1. The van der Waals surface area contributed by atoms with E-state index in [1.54, 1.807) is 6.92 Å². The Morgan fingerprint density at radius 1 is 0.651 bits per heavy atom. The molecule has 86 heavy (non-hydrogen) atoms. The SMILES string of the molecule is C/C=C1/NC(=O)[C@H](C(C)O)NC(=O)[13c]2[13cH]sc(n2)-[13c]2[13cH][13cH][13c](C(=O)N[13C](=[13CH2])C(=O)N[13C](=[13CH2])C(=O)N[13C](=[13CH2])C(=O)N[13C](=[13CH2])C(=O)O)nc2-[13c]2[13cH]oc(n2)[13C](=[13CH2])NC(=O)[13C](=[13CH2])NC(=O)[13c]2[13cH]sc(n2)[13CH]([13CH3])NC(=O)[13c]2[13cH]sc(n2)[13CH2]NC(=O)[13c]2[13cH]oc1n2. The van der Waals surface area contributed by atoms with Gasteiger partial charge in [-0.05, 0) is 32.9 Å². The van der Waals surface area contributed by atoms with Gasteiger partial charge in [-0.3, -0.25) is 47.9 Å². The molecular weight excluding hydrogens is 1210 g/mol. The molecule has 34 heteroatoms. The first-order chi connectivity index (χ1) is 40.7. The topological polar surface area (TPSA) is 452 Å². The van der Waals surface area contributed by atoms with Gasteiger partial charge in [0.15, 0.2) is 5.69 Å². The second kappa shape index (κ2) is 26.8. The van der Waals surface area contributed by atoms with E-state index in [9.17, 15) is 57.8 Å². The van der Waals surface area contributed by atoms with Gasteiger partial charge >= 0.3 is 5.97 Å². The highest BCUT2D eigenvalue weighted by molar-refractivity contribution is 7.13. The van der Waals surface area contributed by atoms with Gasteiger partial charge in [0, 0.05) is 21.7 Å². The lowest BCUT2D eigenvalue weighted by atomic mass is 10.1. The maximum Gasteiger partial charge on any atom is 0.351 e. The third-order valence-electron chi connectivity index (χ3n) is 11.3. The molecule has 0 saturated heterocycles. The Labute approximate surface area is 495 Å². The number of amides is 10. The van der Waals surface area contributed by atoms with Gasteiger partial charge in [-0.15, -0.1) is 34.0 Å². The highest BCUT2D eigenvalue weighted by Crippen LogP contribution is 2.34. The predicted octanol–water partition coefficient (Wildman–Crippen LogP) is 1.40. The molecule has 12 N–H and O–H groups in total. The summed E-state index contributed by atoms with van der Waals surface area (Å²) >= 11 is 2.99. The van der Waals surface area contributed by atoms with Crippen molar-refractivity contribution in [2.45, 2.75) is 45.5 Å². The van der Waals surface area contributed by atoms with Gasteiger partial charge in [0.2, 0.25) is 17.7 Å². The van der Waals surface area contributed by atoms with E-state index in [4.69, 9.17) is 13.9 Å². The quantitative estimate of drug-likeness (QED) is 0.0681. The minimum atomic E-state index is -1.63. The summed E-state index contributed by atoms with van der Waals surface area (Å²) in [5.41, 5.74) is -4.74. The van der Waals surface area contributed by atoms with Crippen molar-refractivity contribution < 1.29 is 71.8 Å². The van der Waals surface area contributed by atoms with Gasteiger partial charge in [-0.25, -0.2) is 34.7 Å². The van der Waals surface area contributed by atoms with E-state index < -0.39 is 117 Å². The fraction of sp³-hybridized carbons (Fsp3) is 0.135. The van der Waals surface area contributed by atoms with Gasteiger partial charge in [-0.1, -0.05) is 45.5 Å². The number of aromatic nitrogens is 6. The molecule has 7 heterocycles. The predicted molar refractivity (Wildman–Crippen MR) is 303 cm³/mol. The molecule has 0 radical (unpaired) electrons. The number of aliphatic hydroxyl groups is 1. The first kappa shape index (κ1) is 62.4. The number of oxazole rings is 2. The van der Waals surface area contributed by atoms with Crippen LogP contribution in [0.4, 0.5) is 0 Å². The number of carbonyl (C=O) groups excluding carboxylic acids is 10. The molecule has 442 valence electrons. The summed E-state index contributed by atoms with van der Waals surface area (Å²) in [4.78, 5) is 169. The summed E-state index contributed by atoms with van der Waals surface area (Å²) in [6.45, 7) is 25.0. The molecule has 0 aliphatic carbocycles. The molecule has 0 aromatic carbocycles. The van der Waals surface area contributed by atoms with E-state index in [0.29, 0.717) is 10.0 Å². The number of carbonyl (C=O) groups is 11. The summed E-state index contributed by atoms with van der Waals surface area (Å²) in [5, 5.41) is 47.8. The molecule has 0 spiro atoms. The Morgan fingerprint density at radius 2 is 1.22 bits per heavy atom. The van der Waals surface area contributed by atoms with Crippen molar-refractivity contribution >= 4 is 110 Å². The summed E-state index contributed by atoms with van der Waals surface area (Å²) in [7, 11) is 0. The number of hydrogen-bond donors (Lipinski definition) is 12. The molecular formula is C52H46N16O15S3. The standard InChI is InChI=1S/C52H46N16O15S3/c1-10-28-49-65-31(15-83-49)42(74)53-13-35-61-32(16-84-35)44(76)59-24(7)50-66-33(17-85-50)45(77)57-22(5)40(72)58-23(6)48-64-30(14-82-48)37-27(51-67-34(18-86-51)46(78)68-36(26(9)69)47(79)63-28)11-12-29(62-37)43(75)56-21(4)39(71)54-19(2)38(70)55-20(3)41(73)60-25(8)52(80)81/h10-12,14-18,24,26,36,69H,2-6,8,13H2,1,7,9H3,(H,53,74)(H,54,71)(H,55,70)(H,56,75)(H,57,77)(H,58,72)(H,59,76)(H,60,73)(H,63,79)(H,68,78)(H,80,81)/b28-10+/t24?,26?,36-/m0/s1/i2+1,3+1,4+1,5+1,6+1,7+1,8+1,11+1,12+1,13+1,14+1,15+1,16+1,17+1,18+1,19+1,20+1,21+1,22+1,23+1,24+1,25+1,27+1,29+1,30+1,31+1,32+1,33+1,34+1. The highest BCUT2D eigenvalue weighted by Gasteiger charge is 2.31. The Kier molecular flexibility index (Phi) is 19.4. The number of fused-ring (bicyclic) bond motifs is 13. The second-order valence-electron chi connectivity index (χ2n) is 17.6. The van der Waals surface area contributed by atoms with Crippen LogP contribution in [0.25, 0.3) is 33.4 Å². The van der Waals surface area contributed by atoms with Crippen molar-refractivity contribution in [3.63, 3.8) is 0 Å². The Bertz CT molecular complexity index is 3950. The third-order valence-corrected chi connectivity index (χ3v) is 14.0. The molecule has 2 unspecified atom stereocenters. The minimum absolute atomic E-state index is 0.0187. The van der Waals surface area contributed by atoms with Crippen LogP contribution in [0.15, 0.2) is 124 Å². The van der Waals surface area contributed by atoms with Crippen LogP contribution in [-0.2, 0) is 35.3 Å². The van der Waals surface area contributed by atoms with Gasteiger partial charge in [-0.2, -0.15) is 0 Å². The van der Waals surface area contributed by atoms with Gasteiger partial charge in [0.05, 0.1) is 52.9 Å². The van der Waals surface area contributed by atoms with Crippen LogP contribution in [0.2, 0.25) is 0 Å². The van der Waals surface area contributed by atoms with Crippen LogP contribution in [0.3, 0.4) is 0 Å². The zero-order valence-electron chi connectivity index (χ0n) is 44.9. The van der Waals surface area contributed by atoms with E-state index in [0.717, 1.165) is 46.5 Å². The normalized spacial score (nSPS) is 16.1. The maximum atomic E-state index is 13.8. The van der Waals surface area contributed by atoms with Crippen LogP contribution in [-0.4, -0.2) is 117 Å². The molecule has 7 rings (SSSR count). The molecule has 10 bridgehead atoms. The molecule has 10 amide bonds. The lowest BCUT2D eigenvalue weighted by Crippen LogP contribution is -2.52. The summed E-state index contributed by atoms with van der Waals surface area (Å²) < 4.78 is 11.1. The zero-order valence-corrected chi connectivity index (χ0v) is 47.4. The van der Waals surface area contributed by atoms with Crippen molar-refractivity contribution in [1.29, 1.82) is 0 Å². The average Bonchev–Trinajstić information content (AvgIpc) is 2.61. The van der Waals surface area contributed by atoms with Gasteiger partial charge in [0.25, 0.3) is 53.2 Å². The van der Waals surface area contributed by atoms with Crippen molar-refractivity contribution in [3.8, 4) is 22.0 Å². The number of aliphatic hydroxyl groups excluding tert-OH is 1. The van der Waals surface area contributed by atoms with Gasteiger partial charge < -0.3 is 72.2 Å². The van der Waals surface area contributed by atoms with Crippen molar-refractivity contribution in [3.05, 3.63) is 165 Å². The number of thiazole rings is 3. The van der Waals surface area contributed by atoms with Crippen molar-refractivity contribution in [2.24, 2.45) is 0 Å². The fourth-order valence-corrected chi connectivity index (χ4v) is 9.16. The minimum Gasteiger partial charge on any atom is -0.477 e. The maximum absolute atomic E-state index is 13.8. The molecule has 31 nitrogen and oxygen atoms in total. The number of pyridine rings is 1. The first-order valence-electron chi connectivity index (χ1n) is 24.3. The Balaban J connectivity index is 1.15. The average molecular weight is 1260 g/mol. The van der Waals surface area contributed by atoms with E-state index >= 15 is 0 Å². The van der Waals surface area contributed by atoms with E-state index in [1.165, 1.54) is 48.2 Å². The second-order valence-corrected chi connectivity index (χ2v) is 20.3. The summed E-state index contributed by atoms with van der Waals surface area (Å²) in [5.74, 6) is -11.7. The number of carboxylic acid groups (broad SMARTS) is 1. The number of hydrogen-bond acceptors (Lipinski definition) is 23. The number of allylic oxidation sites excluding steroid dienone is 1. The first-order valence-corrected chi connectivity index (χ1v) is 26.9. The van der Waals surface area contributed by atoms with E-state index in [-0.39, 0.29) is 74.5 Å². The summed E-state index contributed by atoms with van der Waals surface area (Å²) in [6.07, 6.45) is 1.94. The molecule has 0 fully saturated rings. The van der Waals surface area contributed by atoms with Crippen LogP contribution in [0.5, 0.6) is 0 Å². The molecule has 3 atom stereocenters. The Morgan fingerprint density at radius 3 is 1.88 bits per heavy atom. The van der Waals surface area contributed by atoms with E-state index in [2.05, 4.69) is 112 Å². The van der Waals surface area contributed by atoms with E-state index in [1.807, 2.05) is 10.6 Å². The largest absolute Gasteiger partial charge is 0.477 e. The lowest BCUT2D eigenvalue weighted by molar-refractivity contribution is -0.134. The number of nitrogens with zero attached hydrogens (tertiary/aromatic N) is 6. The Hall–Kier alpha value is -11.2. The molecule has 6 aromatic rings. The number of carboxylic acids is 1. The van der Waals surface area contributed by atoms with Crippen LogP contribution in [0.1, 0.15) is 101 Å². The number of rotatable bonds is 10. The third kappa shape index (κ3) is 15.1. The number of aliphatic carboxylic acids is 1. The fourth-order valence-electron chi connectivity index (χ4n) is 6.81. The monoisotopic (exact) mass is 1260 g/mol. The summed E-state index contributed by atoms with van der Waals surface area (Å²) in [6, 6.07) is 0.142. The number of nitrogens with one attached hydrogen (secondary N) is 10. The zero-order chi connectivity index (χ0) is 62.8. The molecule has 1 aliphatic rings. The molecule has 1 aliphatic heterocycles. The smallest absolute Gasteiger partial charge is 0.351 e.